The average Bonchev–Trinajstić information content (AvgIpc) is 3.14. The quantitative estimate of drug-likeness (QED) is 0.504. The fourth-order valence-electron chi connectivity index (χ4n) is 3.11. The molecule has 2 heterocycles. The largest absolute Gasteiger partial charge is 0.338 e. The highest BCUT2D eigenvalue weighted by atomic mass is 19.1. The van der Waals surface area contributed by atoms with E-state index in [1.807, 2.05) is 54.6 Å². The molecule has 6 heteroatoms. The summed E-state index contributed by atoms with van der Waals surface area (Å²) in [5.74, 6) is 1.04. The van der Waals surface area contributed by atoms with E-state index < -0.39 is 0 Å². The lowest BCUT2D eigenvalue weighted by molar-refractivity contribution is 0.628. The summed E-state index contributed by atoms with van der Waals surface area (Å²) in [7, 11) is 0. The van der Waals surface area contributed by atoms with Gasteiger partial charge in [-0.15, -0.1) is 15.3 Å². The molecule has 0 atom stereocenters. The van der Waals surface area contributed by atoms with Crippen molar-refractivity contribution in [1.29, 1.82) is 0 Å². The second-order valence-electron chi connectivity index (χ2n) is 6.15. The van der Waals surface area contributed by atoms with E-state index in [1.54, 1.807) is 16.6 Å². The number of anilines is 2. The molecule has 3 aromatic carbocycles. The number of nitrogens with zero attached hydrogens (tertiary/aromatic N) is 4. The van der Waals surface area contributed by atoms with Gasteiger partial charge in [0.25, 0.3) is 0 Å². The molecule has 0 saturated heterocycles. The molecule has 0 fully saturated rings. The lowest BCUT2D eigenvalue weighted by atomic mass is 10.1. The smallest absolute Gasteiger partial charge is 0.186 e. The van der Waals surface area contributed by atoms with Crippen molar-refractivity contribution < 1.29 is 4.39 Å². The van der Waals surface area contributed by atoms with E-state index in [1.165, 1.54) is 12.1 Å². The van der Waals surface area contributed by atoms with Gasteiger partial charge in [0.1, 0.15) is 5.82 Å². The normalized spacial score (nSPS) is 11.1. The molecule has 0 unspecified atom stereocenters. The van der Waals surface area contributed by atoms with Crippen LogP contribution in [0, 0.1) is 5.82 Å². The van der Waals surface area contributed by atoms with E-state index in [2.05, 4.69) is 15.5 Å². The Morgan fingerprint density at radius 2 is 1.44 bits per heavy atom. The first kappa shape index (κ1) is 15.5. The summed E-state index contributed by atoms with van der Waals surface area (Å²) in [6.45, 7) is 0. The third-order valence-electron chi connectivity index (χ3n) is 4.40. The van der Waals surface area contributed by atoms with E-state index in [0.29, 0.717) is 17.3 Å². The molecule has 0 bridgehead atoms. The molecule has 0 radical (unpaired) electrons. The van der Waals surface area contributed by atoms with Crippen molar-refractivity contribution in [1.82, 2.24) is 19.8 Å². The Morgan fingerprint density at radius 1 is 0.741 bits per heavy atom. The van der Waals surface area contributed by atoms with Gasteiger partial charge in [0.2, 0.25) is 0 Å². The van der Waals surface area contributed by atoms with Gasteiger partial charge in [-0.2, -0.15) is 4.52 Å². The van der Waals surface area contributed by atoms with Crippen LogP contribution in [0.4, 0.5) is 15.9 Å². The maximum atomic E-state index is 13.2. The summed E-state index contributed by atoms with van der Waals surface area (Å²) in [6, 6.07) is 23.9. The number of hydrogen-bond donors (Lipinski definition) is 1. The Bertz CT molecular complexity index is 1250. The van der Waals surface area contributed by atoms with Crippen molar-refractivity contribution in [3.05, 3.63) is 84.7 Å². The third-order valence-corrected chi connectivity index (χ3v) is 4.40. The Labute approximate surface area is 154 Å². The standard InChI is InChI=1S/C21H14FN5/c22-15-10-12-16(13-11-15)23-19-17-8-4-5-9-18(17)21-25-24-20(27(21)26-19)14-6-2-1-3-7-14/h1-13H,(H,23,26). The van der Waals surface area contributed by atoms with Gasteiger partial charge in [-0.05, 0) is 24.3 Å². The highest BCUT2D eigenvalue weighted by molar-refractivity contribution is 6.01. The van der Waals surface area contributed by atoms with Crippen LogP contribution >= 0.6 is 0 Å². The number of fused-ring (bicyclic) bond motifs is 3. The van der Waals surface area contributed by atoms with Gasteiger partial charge in [-0.1, -0.05) is 54.6 Å². The fourth-order valence-corrected chi connectivity index (χ4v) is 3.11. The number of aromatic nitrogens is 4. The van der Waals surface area contributed by atoms with Crippen molar-refractivity contribution in [3.8, 4) is 11.4 Å². The highest BCUT2D eigenvalue weighted by Crippen LogP contribution is 2.29. The van der Waals surface area contributed by atoms with Gasteiger partial charge in [0, 0.05) is 22.0 Å². The van der Waals surface area contributed by atoms with Gasteiger partial charge >= 0.3 is 0 Å². The summed E-state index contributed by atoms with van der Waals surface area (Å²) in [5.41, 5.74) is 2.37. The minimum absolute atomic E-state index is 0.279. The maximum absolute atomic E-state index is 13.2. The van der Waals surface area contributed by atoms with Crippen LogP contribution in [0.1, 0.15) is 0 Å². The van der Waals surface area contributed by atoms with Crippen molar-refractivity contribution >= 4 is 27.9 Å². The molecule has 5 nitrogen and oxygen atoms in total. The van der Waals surface area contributed by atoms with Crippen molar-refractivity contribution in [2.75, 3.05) is 5.32 Å². The van der Waals surface area contributed by atoms with Crippen LogP contribution in [-0.4, -0.2) is 19.8 Å². The average molecular weight is 355 g/mol. The van der Waals surface area contributed by atoms with Crippen LogP contribution in [0.3, 0.4) is 0 Å². The van der Waals surface area contributed by atoms with Gasteiger partial charge < -0.3 is 5.32 Å². The van der Waals surface area contributed by atoms with Crippen LogP contribution < -0.4 is 5.32 Å². The number of rotatable bonds is 3. The molecule has 0 amide bonds. The highest BCUT2D eigenvalue weighted by Gasteiger charge is 2.15. The number of hydrogen-bond acceptors (Lipinski definition) is 4. The first-order valence-electron chi connectivity index (χ1n) is 8.52. The lowest BCUT2D eigenvalue weighted by Crippen LogP contribution is -2.02. The first-order chi connectivity index (χ1) is 13.3. The zero-order valence-electron chi connectivity index (χ0n) is 14.2. The van der Waals surface area contributed by atoms with E-state index in [-0.39, 0.29) is 5.82 Å². The molecule has 130 valence electrons. The lowest BCUT2D eigenvalue weighted by Gasteiger charge is -2.10. The van der Waals surface area contributed by atoms with Gasteiger partial charge in [0.15, 0.2) is 17.3 Å². The molecule has 27 heavy (non-hydrogen) atoms. The van der Waals surface area contributed by atoms with Gasteiger partial charge in [-0.3, -0.25) is 0 Å². The zero-order chi connectivity index (χ0) is 18.2. The molecule has 5 rings (SSSR count). The van der Waals surface area contributed by atoms with E-state index in [0.717, 1.165) is 22.0 Å². The Balaban J connectivity index is 1.74. The molecule has 0 aliphatic carbocycles. The Morgan fingerprint density at radius 3 is 2.22 bits per heavy atom. The summed E-state index contributed by atoms with van der Waals surface area (Å²) in [5, 5.41) is 18.6. The predicted octanol–water partition coefficient (Wildman–Crippen LogP) is 4.83. The minimum Gasteiger partial charge on any atom is -0.338 e. The minimum atomic E-state index is -0.279. The molecule has 0 spiro atoms. The second-order valence-corrected chi connectivity index (χ2v) is 6.15. The number of halogens is 1. The van der Waals surface area contributed by atoms with Crippen LogP contribution in [0.2, 0.25) is 0 Å². The van der Waals surface area contributed by atoms with E-state index in [4.69, 9.17) is 5.10 Å². The van der Waals surface area contributed by atoms with E-state index >= 15 is 0 Å². The Kier molecular flexibility index (Phi) is 3.53. The van der Waals surface area contributed by atoms with Crippen LogP contribution in [-0.2, 0) is 0 Å². The van der Waals surface area contributed by atoms with Crippen LogP contribution in [0.25, 0.3) is 27.8 Å². The SMILES string of the molecule is Fc1ccc(Nc2nn3c(-c4ccccc4)nnc3c3ccccc23)cc1. The van der Waals surface area contributed by atoms with Crippen LogP contribution in [0.15, 0.2) is 78.9 Å². The number of nitrogens with one attached hydrogen (secondary N) is 1. The molecular weight excluding hydrogens is 341 g/mol. The molecule has 5 aromatic rings. The van der Waals surface area contributed by atoms with Crippen LogP contribution in [0.5, 0.6) is 0 Å². The molecular formula is C21H14FN5. The predicted molar refractivity (Wildman–Crippen MR) is 103 cm³/mol. The molecule has 2 aromatic heterocycles. The van der Waals surface area contributed by atoms with Crippen molar-refractivity contribution in [3.63, 3.8) is 0 Å². The zero-order valence-corrected chi connectivity index (χ0v) is 14.2. The molecule has 1 N–H and O–H groups in total. The van der Waals surface area contributed by atoms with Crippen molar-refractivity contribution in [2.45, 2.75) is 0 Å². The fraction of sp³-hybridized carbons (Fsp3) is 0. The Hall–Kier alpha value is -3.80. The van der Waals surface area contributed by atoms with Gasteiger partial charge in [-0.25, -0.2) is 4.39 Å². The third kappa shape index (κ3) is 2.67. The molecule has 0 saturated carbocycles. The van der Waals surface area contributed by atoms with Gasteiger partial charge in [0.05, 0.1) is 0 Å². The summed E-state index contributed by atoms with van der Waals surface area (Å²) >= 11 is 0. The summed E-state index contributed by atoms with van der Waals surface area (Å²) in [4.78, 5) is 0. The number of benzene rings is 3. The first-order valence-corrected chi connectivity index (χ1v) is 8.52. The summed E-state index contributed by atoms with van der Waals surface area (Å²) < 4.78 is 15.0. The monoisotopic (exact) mass is 355 g/mol. The summed E-state index contributed by atoms with van der Waals surface area (Å²) in [6.07, 6.45) is 0. The van der Waals surface area contributed by atoms with E-state index in [9.17, 15) is 4.39 Å². The maximum Gasteiger partial charge on any atom is 0.186 e. The molecule has 0 aliphatic rings. The second kappa shape index (κ2) is 6.17. The topological polar surface area (TPSA) is 55.1 Å². The molecule has 0 aliphatic heterocycles. The van der Waals surface area contributed by atoms with Crippen molar-refractivity contribution in [2.24, 2.45) is 0 Å².